The fourth-order valence-corrected chi connectivity index (χ4v) is 2.08. The fraction of sp³-hybridized carbons (Fsp3) is 0.500. The Bertz CT molecular complexity index is 427. The second kappa shape index (κ2) is 8.94. The van der Waals surface area contributed by atoms with E-state index in [9.17, 15) is 4.79 Å². The highest BCUT2D eigenvalue weighted by atomic mass is 79.9. The number of halogens is 1. The van der Waals surface area contributed by atoms with Crippen LogP contribution in [0.25, 0.3) is 0 Å². The van der Waals surface area contributed by atoms with E-state index in [0.29, 0.717) is 19.8 Å². The number of aliphatic hydroxyl groups excluding tert-OH is 1. The van der Waals surface area contributed by atoms with Crippen molar-refractivity contribution in [2.75, 3.05) is 31.7 Å². The van der Waals surface area contributed by atoms with Gasteiger partial charge in [0.05, 0.1) is 19.8 Å². The van der Waals surface area contributed by atoms with Crippen LogP contribution in [0.1, 0.15) is 13.8 Å². The lowest BCUT2D eigenvalue weighted by atomic mass is 10.3. The van der Waals surface area contributed by atoms with E-state index in [2.05, 4.69) is 21.2 Å². The molecule has 20 heavy (non-hydrogen) atoms. The predicted molar refractivity (Wildman–Crippen MR) is 82.9 cm³/mol. The van der Waals surface area contributed by atoms with Crippen LogP contribution in [0.15, 0.2) is 28.7 Å². The van der Waals surface area contributed by atoms with E-state index in [4.69, 9.17) is 9.84 Å². The van der Waals surface area contributed by atoms with Crippen molar-refractivity contribution in [3.8, 4) is 0 Å². The number of hydrogen-bond acceptors (Lipinski definition) is 3. The summed E-state index contributed by atoms with van der Waals surface area (Å²) in [5.74, 6) is 0. The SMILES string of the molecule is CC(C)N(CCOCCO)C(=O)Nc1cccc(Br)c1. The number of hydrogen-bond donors (Lipinski definition) is 2. The second-order valence-electron chi connectivity index (χ2n) is 4.56. The van der Waals surface area contributed by atoms with Gasteiger partial charge in [-0.15, -0.1) is 0 Å². The molecule has 0 saturated heterocycles. The number of urea groups is 1. The predicted octanol–water partition coefficient (Wildman–Crippen LogP) is 2.70. The first-order valence-corrected chi connectivity index (χ1v) is 7.35. The molecule has 0 aromatic heterocycles. The van der Waals surface area contributed by atoms with Gasteiger partial charge >= 0.3 is 6.03 Å². The van der Waals surface area contributed by atoms with Crippen molar-refractivity contribution in [1.82, 2.24) is 4.90 Å². The molecule has 112 valence electrons. The number of rotatable bonds is 7. The van der Waals surface area contributed by atoms with Crippen LogP contribution in [0.3, 0.4) is 0 Å². The van der Waals surface area contributed by atoms with E-state index in [1.165, 1.54) is 0 Å². The molecule has 0 aliphatic rings. The summed E-state index contributed by atoms with van der Waals surface area (Å²) < 4.78 is 6.12. The third-order valence-electron chi connectivity index (χ3n) is 2.67. The molecule has 0 fully saturated rings. The Morgan fingerprint density at radius 1 is 1.45 bits per heavy atom. The maximum Gasteiger partial charge on any atom is 0.322 e. The normalized spacial score (nSPS) is 10.7. The van der Waals surface area contributed by atoms with E-state index in [1.54, 1.807) is 4.90 Å². The number of anilines is 1. The van der Waals surface area contributed by atoms with E-state index in [-0.39, 0.29) is 18.7 Å². The summed E-state index contributed by atoms with van der Waals surface area (Å²) in [4.78, 5) is 13.9. The van der Waals surface area contributed by atoms with Crippen LogP contribution in [-0.4, -0.2) is 48.4 Å². The highest BCUT2D eigenvalue weighted by molar-refractivity contribution is 9.10. The summed E-state index contributed by atoms with van der Waals surface area (Å²) >= 11 is 3.37. The monoisotopic (exact) mass is 344 g/mol. The summed E-state index contributed by atoms with van der Waals surface area (Å²) in [5.41, 5.74) is 0.742. The molecule has 0 heterocycles. The van der Waals surface area contributed by atoms with Crippen LogP contribution >= 0.6 is 15.9 Å². The first-order chi connectivity index (χ1) is 9.54. The average molecular weight is 345 g/mol. The van der Waals surface area contributed by atoms with Crippen LogP contribution < -0.4 is 5.32 Å². The molecule has 2 N–H and O–H groups in total. The minimum absolute atomic E-state index is 0.00802. The molecule has 1 aromatic rings. The fourth-order valence-electron chi connectivity index (χ4n) is 1.69. The maximum atomic E-state index is 12.2. The number of carbonyl (C=O) groups excluding carboxylic acids is 1. The number of amides is 2. The Balaban J connectivity index is 2.55. The Labute approximate surface area is 128 Å². The minimum atomic E-state index is -0.161. The number of carbonyl (C=O) groups is 1. The molecule has 0 atom stereocenters. The molecule has 0 aliphatic carbocycles. The van der Waals surface area contributed by atoms with Gasteiger partial charge in [0.2, 0.25) is 0 Å². The van der Waals surface area contributed by atoms with Gasteiger partial charge in [0, 0.05) is 22.7 Å². The number of benzene rings is 1. The largest absolute Gasteiger partial charge is 0.394 e. The van der Waals surface area contributed by atoms with Crippen LogP contribution in [0, 0.1) is 0 Å². The smallest absolute Gasteiger partial charge is 0.322 e. The molecular weight excluding hydrogens is 324 g/mol. The van der Waals surface area contributed by atoms with E-state index in [0.717, 1.165) is 10.2 Å². The molecule has 5 nitrogen and oxygen atoms in total. The van der Waals surface area contributed by atoms with Gasteiger partial charge in [-0.2, -0.15) is 0 Å². The molecule has 6 heteroatoms. The summed E-state index contributed by atoms with van der Waals surface area (Å²) in [7, 11) is 0. The first kappa shape index (κ1) is 16.9. The molecule has 1 rings (SSSR count). The van der Waals surface area contributed by atoms with E-state index >= 15 is 0 Å². The molecule has 0 saturated carbocycles. The van der Waals surface area contributed by atoms with Crippen molar-refractivity contribution >= 4 is 27.6 Å². The van der Waals surface area contributed by atoms with Gasteiger partial charge in [-0.25, -0.2) is 4.79 Å². The number of ether oxygens (including phenoxy) is 1. The zero-order chi connectivity index (χ0) is 15.0. The number of nitrogens with zero attached hydrogens (tertiary/aromatic N) is 1. The highest BCUT2D eigenvalue weighted by Crippen LogP contribution is 2.16. The molecule has 2 amide bonds. The van der Waals surface area contributed by atoms with E-state index in [1.807, 2.05) is 38.1 Å². The minimum Gasteiger partial charge on any atom is -0.394 e. The summed E-state index contributed by atoms with van der Waals surface area (Å²) in [6, 6.07) is 7.36. The molecule has 1 aromatic carbocycles. The van der Waals surface area contributed by atoms with Crippen molar-refractivity contribution < 1.29 is 14.6 Å². The Kier molecular flexibility index (Phi) is 7.58. The molecule has 0 spiro atoms. The topological polar surface area (TPSA) is 61.8 Å². The highest BCUT2D eigenvalue weighted by Gasteiger charge is 2.16. The third kappa shape index (κ3) is 5.90. The third-order valence-corrected chi connectivity index (χ3v) is 3.17. The van der Waals surface area contributed by atoms with Gasteiger partial charge < -0.3 is 20.1 Å². The van der Waals surface area contributed by atoms with Crippen LogP contribution in [0.5, 0.6) is 0 Å². The lowest BCUT2D eigenvalue weighted by Crippen LogP contribution is -2.42. The average Bonchev–Trinajstić information content (AvgIpc) is 2.38. The molecule has 0 radical (unpaired) electrons. The Hall–Kier alpha value is -1.11. The van der Waals surface area contributed by atoms with Crippen molar-refractivity contribution in [2.24, 2.45) is 0 Å². The molecule has 0 unspecified atom stereocenters. The molecule has 0 aliphatic heterocycles. The second-order valence-corrected chi connectivity index (χ2v) is 5.48. The van der Waals surface area contributed by atoms with Crippen molar-refractivity contribution in [3.63, 3.8) is 0 Å². The zero-order valence-electron chi connectivity index (χ0n) is 11.8. The Morgan fingerprint density at radius 3 is 2.80 bits per heavy atom. The quantitative estimate of drug-likeness (QED) is 0.747. The van der Waals surface area contributed by atoms with Gasteiger partial charge in [0.1, 0.15) is 0 Å². The summed E-state index contributed by atoms with van der Waals surface area (Å²) in [6.45, 7) is 5.08. The standard InChI is InChI=1S/C14H21BrN2O3/c1-11(2)17(6-8-20-9-7-18)14(19)16-13-5-3-4-12(15)10-13/h3-5,10-11,18H,6-9H2,1-2H3,(H,16,19). The van der Waals surface area contributed by atoms with Crippen molar-refractivity contribution in [2.45, 2.75) is 19.9 Å². The van der Waals surface area contributed by atoms with Gasteiger partial charge in [0.25, 0.3) is 0 Å². The first-order valence-electron chi connectivity index (χ1n) is 6.56. The van der Waals surface area contributed by atoms with Gasteiger partial charge in [0.15, 0.2) is 0 Å². The maximum absolute atomic E-state index is 12.2. The molecule has 0 bridgehead atoms. The lowest BCUT2D eigenvalue weighted by Gasteiger charge is -2.26. The van der Waals surface area contributed by atoms with Crippen LogP contribution in [-0.2, 0) is 4.74 Å². The van der Waals surface area contributed by atoms with Gasteiger partial charge in [-0.05, 0) is 32.0 Å². The van der Waals surface area contributed by atoms with Crippen molar-refractivity contribution in [1.29, 1.82) is 0 Å². The van der Waals surface area contributed by atoms with Crippen LogP contribution in [0.2, 0.25) is 0 Å². The summed E-state index contributed by atoms with van der Waals surface area (Å²) in [6.07, 6.45) is 0. The van der Waals surface area contributed by atoms with E-state index < -0.39 is 0 Å². The Morgan fingerprint density at radius 2 is 2.20 bits per heavy atom. The van der Waals surface area contributed by atoms with Gasteiger partial charge in [-0.3, -0.25) is 0 Å². The van der Waals surface area contributed by atoms with Gasteiger partial charge in [-0.1, -0.05) is 22.0 Å². The lowest BCUT2D eigenvalue weighted by molar-refractivity contribution is 0.0757. The number of aliphatic hydroxyl groups is 1. The molecular formula is C14H21BrN2O3. The summed E-state index contributed by atoms with van der Waals surface area (Å²) in [5, 5.41) is 11.5. The van der Waals surface area contributed by atoms with Crippen molar-refractivity contribution in [3.05, 3.63) is 28.7 Å². The number of nitrogens with one attached hydrogen (secondary N) is 1. The van der Waals surface area contributed by atoms with Crippen LogP contribution in [0.4, 0.5) is 10.5 Å². The zero-order valence-corrected chi connectivity index (χ0v) is 13.4.